The Balaban J connectivity index is 1.65. The molecule has 2 N–H and O–H groups in total. The highest BCUT2D eigenvalue weighted by molar-refractivity contribution is 5.89. The van der Waals surface area contributed by atoms with E-state index in [1.54, 1.807) is 38.1 Å². The first-order valence-corrected chi connectivity index (χ1v) is 8.54. The minimum atomic E-state index is -0.674. The van der Waals surface area contributed by atoms with Crippen molar-refractivity contribution in [1.82, 2.24) is 15.5 Å². The molecule has 0 radical (unpaired) electrons. The highest BCUT2D eigenvalue weighted by Gasteiger charge is 2.16. The third-order valence-corrected chi connectivity index (χ3v) is 3.78. The van der Waals surface area contributed by atoms with Gasteiger partial charge in [-0.1, -0.05) is 29.4 Å². The Hall–Kier alpha value is -3.46. The fourth-order valence-electron chi connectivity index (χ4n) is 2.33. The predicted octanol–water partition coefficient (Wildman–Crippen LogP) is 1.69. The van der Waals surface area contributed by atoms with E-state index in [4.69, 9.17) is 13.7 Å². The van der Waals surface area contributed by atoms with Crippen molar-refractivity contribution >= 4 is 5.91 Å². The minimum Gasteiger partial charge on any atom is -0.482 e. The second-order valence-electron chi connectivity index (χ2n) is 6.14. The molecule has 0 aliphatic carbocycles. The summed E-state index contributed by atoms with van der Waals surface area (Å²) >= 11 is 0. The van der Waals surface area contributed by atoms with E-state index in [-0.39, 0.29) is 36.0 Å². The van der Waals surface area contributed by atoms with Crippen LogP contribution >= 0.6 is 0 Å². The van der Waals surface area contributed by atoms with Crippen molar-refractivity contribution in [3.8, 4) is 17.1 Å². The first-order chi connectivity index (χ1) is 13.4. The number of nitrogens with zero attached hydrogens (tertiary/aromatic N) is 2. The number of aliphatic hydroxyl groups is 1. The molecule has 0 unspecified atom stereocenters. The minimum absolute atomic E-state index is 0.0878. The number of nitrogens with one attached hydrogen (secondary N) is 1. The van der Waals surface area contributed by atoms with Crippen LogP contribution in [0.25, 0.3) is 11.4 Å². The monoisotopic (exact) mass is 385 g/mol. The number of benzene rings is 1. The number of hydrogen-bond acceptors (Lipinski definition) is 8. The van der Waals surface area contributed by atoms with Gasteiger partial charge in [0.25, 0.3) is 0 Å². The van der Waals surface area contributed by atoms with Crippen molar-refractivity contribution < 1.29 is 23.6 Å². The van der Waals surface area contributed by atoms with Crippen molar-refractivity contribution in [2.75, 3.05) is 6.54 Å². The highest BCUT2D eigenvalue weighted by atomic mass is 16.5. The molecule has 2 heterocycles. The summed E-state index contributed by atoms with van der Waals surface area (Å²) in [6.07, 6.45) is 0.649. The Morgan fingerprint density at radius 3 is 2.71 bits per heavy atom. The van der Waals surface area contributed by atoms with Gasteiger partial charge in [-0.2, -0.15) is 4.98 Å². The number of hydrogen-bond donors (Lipinski definition) is 2. The maximum atomic E-state index is 11.9. The topological polar surface area (TPSA) is 128 Å². The zero-order chi connectivity index (χ0) is 20.1. The zero-order valence-electron chi connectivity index (χ0n) is 15.3. The Labute approximate surface area is 160 Å². The van der Waals surface area contributed by atoms with E-state index in [2.05, 4.69) is 15.5 Å². The molecule has 3 aromatic rings. The first-order valence-electron chi connectivity index (χ1n) is 8.54. The van der Waals surface area contributed by atoms with Crippen LogP contribution in [0, 0.1) is 6.92 Å². The molecule has 0 spiro atoms. The maximum absolute atomic E-state index is 11.9. The Kier molecular flexibility index (Phi) is 5.85. The van der Waals surface area contributed by atoms with Gasteiger partial charge in [0.05, 0.1) is 12.4 Å². The molecule has 9 nitrogen and oxygen atoms in total. The molecule has 1 amide bonds. The van der Waals surface area contributed by atoms with Crippen LogP contribution in [0.4, 0.5) is 0 Å². The van der Waals surface area contributed by atoms with Gasteiger partial charge in [-0.3, -0.25) is 9.59 Å². The average Bonchev–Trinajstić information content (AvgIpc) is 3.16. The van der Waals surface area contributed by atoms with E-state index in [0.29, 0.717) is 11.3 Å². The Morgan fingerprint density at radius 2 is 2.04 bits per heavy atom. The molecule has 0 aliphatic heterocycles. The molecule has 9 heteroatoms. The van der Waals surface area contributed by atoms with Crippen LogP contribution in [0.5, 0.6) is 5.75 Å². The number of aliphatic hydroxyl groups excluding tert-OH is 1. The lowest BCUT2D eigenvalue weighted by Crippen LogP contribution is -2.30. The van der Waals surface area contributed by atoms with Gasteiger partial charge in [-0.05, 0) is 19.4 Å². The molecule has 0 saturated carbocycles. The molecule has 2 aromatic heterocycles. The van der Waals surface area contributed by atoms with Crippen LogP contribution in [-0.2, 0) is 6.61 Å². The molecule has 0 aliphatic rings. The zero-order valence-corrected chi connectivity index (χ0v) is 15.3. The number of carbonyl (C=O) groups excluding carboxylic acids is 1. The second-order valence-corrected chi connectivity index (χ2v) is 6.14. The SMILES string of the molecule is Cc1occc(=O)c1OCc1ccc(-c2noc(C(=O)NC[C@@H](C)O)n2)cc1. The van der Waals surface area contributed by atoms with E-state index in [0.717, 1.165) is 5.56 Å². The summed E-state index contributed by atoms with van der Waals surface area (Å²) in [7, 11) is 0. The standard InChI is InChI=1S/C19H19N3O6/c1-11(23)9-20-18(25)19-21-17(22-28-19)14-5-3-13(4-6-14)10-27-16-12(2)26-8-7-15(16)24/h3-8,11,23H,9-10H2,1-2H3,(H,20,25)/t11-/m1/s1. The van der Waals surface area contributed by atoms with Crippen molar-refractivity contribution in [2.24, 2.45) is 0 Å². The molecular formula is C19H19N3O6. The molecule has 28 heavy (non-hydrogen) atoms. The quantitative estimate of drug-likeness (QED) is 0.629. The van der Waals surface area contributed by atoms with Crippen LogP contribution < -0.4 is 15.5 Å². The van der Waals surface area contributed by atoms with Gasteiger partial charge in [0.1, 0.15) is 12.4 Å². The van der Waals surface area contributed by atoms with E-state index in [9.17, 15) is 14.7 Å². The third kappa shape index (κ3) is 4.63. The number of rotatable bonds is 7. The summed E-state index contributed by atoms with van der Waals surface area (Å²) in [6.45, 7) is 3.49. The molecular weight excluding hydrogens is 366 g/mol. The smallest absolute Gasteiger partial charge is 0.316 e. The maximum Gasteiger partial charge on any atom is 0.316 e. The summed E-state index contributed by atoms with van der Waals surface area (Å²) in [6, 6.07) is 8.39. The van der Waals surface area contributed by atoms with Crippen LogP contribution in [0.15, 0.2) is 50.3 Å². The fraction of sp³-hybridized carbons (Fsp3) is 0.263. The third-order valence-electron chi connectivity index (χ3n) is 3.78. The number of ether oxygens (including phenoxy) is 1. The molecule has 1 aromatic carbocycles. The fourth-order valence-corrected chi connectivity index (χ4v) is 2.33. The summed E-state index contributed by atoms with van der Waals surface area (Å²) in [4.78, 5) is 27.7. The lowest BCUT2D eigenvalue weighted by Gasteiger charge is -2.07. The lowest BCUT2D eigenvalue weighted by molar-refractivity contribution is 0.0880. The molecule has 3 rings (SSSR count). The number of carbonyl (C=O) groups is 1. The van der Waals surface area contributed by atoms with Crippen molar-refractivity contribution in [3.05, 3.63) is 64.0 Å². The van der Waals surface area contributed by atoms with Gasteiger partial charge >= 0.3 is 11.8 Å². The summed E-state index contributed by atoms with van der Waals surface area (Å²) in [5.41, 5.74) is 1.23. The van der Waals surface area contributed by atoms with Gasteiger partial charge in [0.2, 0.25) is 17.0 Å². The first kappa shape index (κ1) is 19.3. The van der Waals surface area contributed by atoms with E-state index >= 15 is 0 Å². The molecule has 0 saturated heterocycles. The van der Waals surface area contributed by atoms with Crippen LogP contribution in [-0.4, -0.2) is 33.8 Å². The van der Waals surface area contributed by atoms with Gasteiger partial charge in [0, 0.05) is 18.2 Å². The number of aryl methyl sites for hydroxylation is 1. The Bertz CT molecular complexity index is 1010. The van der Waals surface area contributed by atoms with E-state index in [1.165, 1.54) is 12.3 Å². The molecule has 1 atom stereocenters. The van der Waals surface area contributed by atoms with Crippen molar-refractivity contribution in [1.29, 1.82) is 0 Å². The molecule has 0 fully saturated rings. The average molecular weight is 385 g/mol. The second kappa shape index (κ2) is 8.49. The van der Waals surface area contributed by atoms with Crippen LogP contribution in [0.2, 0.25) is 0 Å². The van der Waals surface area contributed by atoms with Crippen molar-refractivity contribution in [3.63, 3.8) is 0 Å². The number of aromatic nitrogens is 2. The Morgan fingerprint density at radius 1 is 1.29 bits per heavy atom. The molecule has 146 valence electrons. The number of amides is 1. The largest absolute Gasteiger partial charge is 0.482 e. The lowest BCUT2D eigenvalue weighted by atomic mass is 10.1. The van der Waals surface area contributed by atoms with E-state index in [1.807, 2.05) is 0 Å². The summed E-state index contributed by atoms with van der Waals surface area (Å²) in [5, 5.41) is 15.5. The van der Waals surface area contributed by atoms with Gasteiger partial charge in [0.15, 0.2) is 0 Å². The summed E-state index contributed by atoms with van der Waals surface area (Å²) in [5.74, 6) is 0.111. The van der Waals surface area contributed by atoms with Crippen LogP contribution in [0.3, 0.4) is 0 Å². The van der Waals surface area contributed by atoms with Gasteiger partial charge < -0.3 is 24.1 Å². The van der Waals surface area contributed by atoms with Gasteiger partial charge in [-0.15, -0.1) is 0 Å². The van der Waals surface area contributed by atoms with Crippen molar-refractivity contribution in [2.45, 2.75) is 26.6 Å². The van der Waals surface area contributed by atoms with E-state index < -0.39 is 12.0 Å². The normalized spacial score (nSPS) is 11.8. The van der Waals surface area contributed by atoms with Crippen LogP contribution in [0.1, 0.15) is 28.9 Å². The molecule has 0 bridgehead atoms. The summed E-state index contributed by atoms with van der Waals surface area (Å²) < 4.78 is 15.7. The highest BCUT2D eigenvalue weighted by Crippen LogP contribution is 2.18. The predicted molar refractivity (Wildman–Crippen MR) is 97.8 cm³/mol. The van der Waals surface area contributed by atoms with Gasteiger partial charge in [-0.25, -0.2) is 0 Å².